The Bertz CT molecular complexity index is 1030. The highest BCUT2D eigenvalue weighted by Crippen LogP contribution is 2.42. The highest BCUT2D eigenvalue weighted by atomic mass is 35.7. The second-order valence-electron chi connectivity index (χ2n) is 4.31. The zero-order chi connectivity index (χ0) is 15.6. The first-order valence-corrected chi connectivity index (χ1v) is 10.0. The lowest BCUT2D eigenvalue weighted by Gasteiger charge is -2.09. The first kappa shape index (κ1) is 14.6. The standard InChI is InChI=1S/C11H5Cl2NO5S2/c12-20(16,17)7-4-8(21(13,18)19)10-9-5(7)2-1-3-6(9)11(15)14-10/h1-4H,(H,14,15). The molecule has 2 aromatic carbocycles. The van der Waals surface area contributed by atoms with Crippen molar-refractivity contribution in [1.29, 1.82) is 0 Å². The number of hydrogen-bond donors (Lipinski definition) is 1. The van der Waals surface area contributed by atoms with Gasteiger partial charge in [0, 0.05) is 37.7 Å². The predicted molar refractivity (Wildman–Crippen MR) is 78.0 cm³/mol. The molecular weight excluding hydrogens is 361 g/mol. The van der Waals surface area contributed by atoms with Crippen LogP contribution in [0.2, 0.25) is 0 Å². The van der Waals surface area contributed by atoms with Crippen LogP contribution in [0.5, 0.6) is 0 Å². The molecule has 10 heteroatoms. The van der Waals surface area contributed by atoms with Gasteiger partial charge in [0.05, 0.1) is 10.6 Å². The highest BCUT2D eigenvalue weighted by molar-refractivity contribution is 8.14. The van der Waals surface area contributed by atoms with Crippen molar-refractivity contribution in [2.75, 3.05) is 5.32 Å². The topological polar surface area (TPSA) is 97.4 Å². The Labute approximate surface area is 128 Å². The number of halogens is 2. The van der Waals surface area contributed by atoms with E-state index in [1.807, 2.05) is 0 Å². The van der Waals surface area contributed by atoms with Crippen molar-refractivity contribution in [2.24, 2.45) is 0 Å². The molecule has 0 fully saturated rings. The van der Waals surface area contributed by atoms with Crippen LogP contribution in [0.25, 0.3) is 10.8 Å². The van der Waals surface area contributed by atoms with Crippen LogP contribution in [0.4, 0.5) is 5.69 Å². The van der Waals surface area contributed by atoms with Gasteiger partial charge < -0.3 is 5.32 Å². The van der Waals surface area contributed by atoms with E-state index in [0.717, 1.165) is 6.07 Å². The largest absolute Gasteiger partial charge is 0.320 e. The molecular formula is C11H5Cl2NO5S2. The van der Waals surface area contributed by atoms with E-state index in [1.54, 1.807) is 0 Å². The maximum absolute atomic E-state index is 11.9. The van der Waals surface area contributed by atoms with E-state index in [9.17, 15) is 21.6 Å². The highest BCUT2D eigenvalue weighted by Gasteiger charge is 2.32. The van der Waals surface area contributed by atoms with Crippen LogP contribution in [-0.4, -0.2) is 22.7 Å². The molecule has 0 atom stereocenters. The molecule has 21 heavy (non-hydrogen) atoms. The van der Waals surface area contributed by atoms with Crippen LogP contribution >= 0.6 is 21.4 Å². The minimum Gasteiger partial charge on any atom is -0.320 e. The van der Waals surface area contributed by atoms with Crippen molar-refractivity contribution >= 4 is 61.8 Å². The molecule has 3 rings (SSSR count). The summed E-state index contributed by atoms with van der Waals surface area (Å²) in [5, 5.41) is 2.71. The average Bonchev–Trinajstić information content (AvgIpc) is 2.66. The maximum Gasteiger partial charge on any atom is 0.263 e. The molecule has 6 nitrogen and oxygen atoms in total. The third-order valence-electron chi connectivity index (χ3n) is 3.10. The Morgan fingerprint density at radius 2 is 1.57 bits per heavy atom. The van der Waals surface area contributed by atoms with Crippen LogP contribution in [0, 0.1) is 0 Å². The van der Waals surface area contributed by atoms with E-state index in [-0.39, 0.29) is 22.0 Å². The van der Waals surface area contributed by atoms with E-state index in [0.29, 0.717) is 0 Å². The number of benzene rings is 2. The first-order valence-electron chi connectivity index (χ1n) is 5.41. The molecule has 0 saturated carbocycles. The lowest BCUT2D eigenvalue weighted by molar-refractivity contribution is 0.103. The summed E-state index contributed by atoms with van der Waals surface area (Å²) in [5.74, 6) is -0.540. The Hall–Kier alpha value is -1.35. The van der Waals surface area contributed by atoms with Crippen LogP contribution in [0.1, 0.15) is 10.4 Å². The fraction of sp³-hybridized carbons (Fsp3) is 0. The van der Waals surface area contributed by atoms with Gasteiger partial charge in [0.1, 0.15) is 4.90 Å². The first-order chi connectivity index (χ1) is 9.60. The van der Waals surface area contributed by atoms with Gasteiger partial charge in [0.25, 0.3) is 24.0 Å². The van der Waals surface area contributed by atoms with Gasteiger partial charge in [-0.25, -0.2) is 16.8 Å². The molecule has 1 amide bonds. The molecule has 0 aromatic heterocycles. The summed E-state index contributed by atoms with van der Waals surface area (Å²) in [6.45, 7) is 0. The molecule has 0 spiro atoms. The van der Waals surface area contributed by atoms with Crippen molar-refractivity contribution in [3.05, 3.63) is 29.8 Å². The molecule has 0 unspecified atom stereocenters. The number of rotatable bonds is 2. The second-order valence-corrected chi connectivity index (χ2v) is 9.37. The van der Waals surface area contributed by atoms with Gasteiger partial charge in [0.15, 0.2) is 0 Å². The van der Waals surface area contributed by atoms with E-state index >= 15 is 0 Å². The quantitative estimate of drug-likeness (QED) is 0.823. The Kier molecular flexibility index (Phi) is 3.00. The lowest BCUT2D eigenvalue weighted by atomic mass is 10.1. The summed E-state index contributed by atoms with van der Waals surface area (Å²) in [6.07, 6.45) is 0. The lowest BCUT2D eigenvalue weighted by Crippen LogP contribution is -2.06. The molecule has 2 aromatic rings. The summed E-state index contributed by atoms with van der Waals surface area (Å²) in [6, 6.07) is 5.20. The van der Waals surface area contributed by atoms with Crippen LogP contribution < -0.4 is 5.32 Å². The van der Waals surface area contributed by atoms with E-state index in [4.69, 9.17) is 21.4 Å². The van der Waals surface area contributed by atoms with Gasteiger partial charge in [-0.2, -0.15) is 0 Å². The molecule has 1 heterocycles. The number of hydrogen-bond acceptors (Lipinski definition) is 5. The molecule has 1 aliphatic heterocycles. The average molecular weight is 366 g/mol. The zero-order valence-corrected chi connectivity index (χ0v) is 13.1. The number of anilines is 1. The molecule has 0 bridgehead atoms. The normalized spacial score (nSPS) is 14.5. The van der Waals surface area contributed by atoms with Crippen molar-refractivity contribution in [1.82, 2.24) is 0 Å². The van der Waals surface area contributed by atoms with Crippen LogP contribution in [0.3, 0.4) is 0 Å². The SMILES string of the molecule is O=C1Nc2c(S(=O)(=O)Cl)cc(S(=O)(=O)Cl)c3cccc1c23. The Morgan fingerprint density at radius 1 is 0.952 bits per heavy atom. The minimum absolute atomic E-state index is 0.0373. The van der Waals surface area contributed by atoms with Gasteiger partial charge in [-0.15, -0.1) is 0 Å². The van der Waals surface area contributed by atoms with Gasteiger partial charge in [-0.05, 0) is 12.1 Å². The smallest absolute Gasteiger partial charge is 0.263 e. The van der Waals surface area contributed by atoms with Crippen LogP contribution in [0.15, 0.2) is 34.1 Å². The van der Waals surface area contributed by atoms with E-state index in [2.05, 4.69) is 5.32 Å². The van der Waals surface area contributed by atoms with Gasteiger partial charge in [-0.1, -0.05) is 12.1 Å². The van der Waals surface area contributed by atoms with E-state index < -0.39 is 33.8 Å². The third kappa shape index (κ3) is 2.18. The molecule has 0 aliphatic carbocycles. The van der Waals surface area contributed by atoms with E-state index in [1.165, 1.54) is 18.2 Å². The molecule has 0 saturated heterocycles. The second kappa shape index (κ2) is 4.33. The summed E-state index contributed by atoms with van der Waals surface area (Å²) in [4.78, 5) is 10.9. The van der Waals surface area contributed by atoms with Crippen molar-refractivity contribution in [3.63, 3.8) is 0 Å². The Balaban J connectivity index is 2.64. The number of amides is 1. The molecule has 0 radical (unpaired) electrons. The van der Waals surface area contributed by atoms with Crippen molar-refractivity contribution < 1.29 is 21.6 Å². The maximum atomic E-state index is 11.9. The van der Waals surface area contributed by atoms with Crippen LogP contribution in [-0.2, 0) is 18.1 Å². The molecule has 1 aliphatic rings. The number of carbonyl (C=O) groups is 1. The Morgan fingerprint density at radius 3 is 2.14 bits per heavy atom. The fourth-order valence-electron chi connectivity index (χ4n) is 2.31. The number of carbonyl (C=O) groups excluding carboxylic acids is 1. The van der Waals surface area contributed by atoms with Crippen molar-refractivity contribution in [3.8, 4) is 0 Å². The number of nitrogens with one attached hydrogen (secondary N) is 1. The summed E-state index contributed by atoms with van der Waals surface area (Å²) >= 11 is 0. The fourth-order valence-corrected chi connectivity index (χ4v) is 4.48. The molecule has 110 valence electrons. The monoisotopic (exact) mass is 365 g/mol. The third-order valence-corrected chi connectivity index (χ3v) is 5.80. The van der Waals surface area contributed by atoms with Gasteiger partial charge >= 0.3 is 0 Å². The molecule has 1 N–H and O–H groups in total. The predicted octanol–water partition coefficient (Wildman–Crippen LogP) is 2.26. The zero-order valence-electron chi connectivity index (χ0n) is 9.92. The summed E-state index contributed by atoms with van der Waals surface area (Å²) < 4.78 is 46.6. The van der Waals surface area contributed by atoms with Gasteiger partial charge in [-0.3, -0.25) is 4.79 Å². The summed E-state index contributed by atoms with van der Waals surface area (Å²) in [7, 11) is 2.17. The summed E-state index contributed by atoms with van der Waals surface area (Å²) in [5.41, 5.74) is 0.121. The minimum atomic E-state index is -4.28. The van der Waals surface area contributed by atoms with Gasteiger partial charge in [0.2, 0.25) is 0 Å². The van der Waals surface area contributed by atoms with Crippen molar-refractivity contribution in [2.45, 2.75) is 9.79 Å².